The minimum atomic E-state index is -1.64. The molecule has 194 valence electrons. The van der Waals surface area contributed by atoms with Gasteiger partial charge in [0, 0.05) is 29.9 Å². The third kappa shape index (κ3) is 8.09. The molecule has 10 N–H and O–H groups in total. The quantitative estimate of drug-likeness (QED) is 0.141. The van der Waals surface area contributed by atoms with E-state index in [-0.39, 0.29) is 12.8 Å². The van der Waals surface area contributed by atoms with Crippen molar-refractivity contribution in [1.29, 1.82) is 0 Å². The average Bonchev–Trinajstić information content (AvgIpc) is 3.22. The molecule has 2 rings (SSSR count). The van der Waals surface area contributed by atoms with Gasteiger partial charge in [-0.05, 0) is 18.1 Å². The molecular weight excluding hydrogens is 476 g/mol. The third-order valence-corrected chi connectivity index (χ3v) is 5.24. The average molecular weight is 505 g/mol. The predicted octanol–water partition coefficient (Wildman–Crippen LogP) is -2.05. The number of nitrogens with one attached hydrogen (secondary N) is 4. The normalized spacial score (nSPS) is 13.2. The number of aromatic amines is 1. The summed E-state index contributed by atoms with van der Waals surface area (Å²) in [5.41, 5.74) is 11.7. The van der Waals surface area contributed by atoms with Crippen molar-refractivity contribution in [3.8, 4) is 0 Å². The topological polar surface area (TPSA) is 247 Å². The van der Waals surface area contributed by atoms with Gasteiger partial charge in [-0.15, -0.1) is 0 Å². The van der Waals surface area contributed by atoms with Crippen molar-refractivity contribution in [2.24, 2.45) is 11.5 Å². The lowest BCUT2D eigenvalue weighted by molar-refractivity contribution is -0.143. The first-order valence-electron chi connectivity index (χ1n) is 10.9. The summed E-state index contributed by atoms with van der Waals surface area (Å²) in [5, 5.41) is 26.0. The van der Waals surface area contributed by atoms with E-state index in [2.05, 4.69) is 20.9 Å². The Balaban J connectivity index is 2.32. The Morgan fingerprint density at radius 3 is 2.17 bits per heavy atom. The van der Waals surface area contributed by atoms with Crippen LogP contribution in [-0.4, -0.2) is 75.4 Å². The van der Waals surface area contributed by atoms with E-state index in [0.29, 0.717) is 5.56 Å². The summed E-state index contributed by atoms with van der Waals surface area (Å²) in [7, 11) is 0. The summed E-state index contributed by atoms with van der Waals surface area (Å²) in [4.78, 5) is 74.5. The van der Waals surface area contributed by atoms with Crippen LogP contribution >= 0.6 is 0 Å². The molecule has 0 spiro atoms. The first kappa shape index (κ1) is 27.8. The monoisotopic (exact) mass is 504 g/mol. The van der Waals surface area contributed by atoms with E-state index >= 15 is 0 Å². The zero-order valence-corrected chi connectivity index (χ0v) is 19.2. The molecule has 0 aliphatic heterocycles. The molecule has 0 aliphatic rings. The lowest BCUT2D eigenvalue weighted by Gasteiger charge is -2.24. The first-order chi connectivity index (χ1) is 17.0. The van der Waals surface area contributed by atoms with Gasteiger partial charge in [0.15, 0.2) is 0 Å². The molecule has 4 amide bonds. The largest absolute Gasteiger partial charge is 0.481 e. The van der Waals surface area contributed by atoms with Crippen molar-refractivity contribution in [3.05, 3.63) is 36.0 Å². The highest BCUT2D eigenvalue weighted by atomic mass is 16.4. The van der Waals surface area contributed by atoms with Gasteiger partial charge in [-0.3, -0.25) is 24.0 Å². The summed E-state index contributed by atoms with van der Waals surface area (Å²) < 4.78 is 0. The van der Waals surface area contributed by atoms with Crippen LogP contribution in [0.3, 0.4) is 0 Å². The van der Waals surface area contributed by atoms with Gasteiger partial charge in [-0.1, -0.05) is 18.2 Å². The Hall–Kier alpha value is -4.46. The SMILES string of the molecule is NCC(=O)NC(CCC(=O)O)C(=O)NC(Cc1c[nH]c2ccccc12)C(=O)NC(CC(N)=O)C(=O)O. The Bertz CT molecular complexity index is 1150. The summed E-state index contributed by atoms with van der Waals surface area (Å²) in [6.07, 6.45) is 0.104. The third-order valence-electron chi connectivity index (χ3n) is 5.24. The van der Waals surface area contributed by atoms with Gasteiger partial charge in [-0.2, -0.15) is 0 Å². The lowest BCUT2D eigenvalue weighted by atomic mass is 10.0. The molecule has 0 bridgehead atoms. The van der Waals surface area contributed by atoms with E-state index < -0.39 is 73.1 Å². The predicted molar refractivity (Wildman–Crippen MR) is 125 cm³/mol. The van der Waals surface area contributed by atoms with Gasteiger partial charge < -0.3 is 42.6 Å². The second-order valence-corrected chi connectivity index (χ2v) is 7.95. The maximum Gasteiger partial charge on any atom is 0.326 e. The van der Waals surface area contributed by atoms with Crippen molar-refractivity contribution >= 4 is 46.5 Å². The van der Waals surface area contributed by atoms with Crippen LogP contribution in [-0.2, 0) is 35.2 Å². The van der Waals surface area contributed by atoms with Crippen LogP contribution in [0.25, 0.3) is 10.9 Å². The number of hydrogen-bond donors (Lipinski definition) is 8. The van der Waals surface area contributed by atoms with Crippen molar-refractivity contribution in [3.63, 3.8) is 0 Å². The number of carboxylic acid groups (broad SMARTS) is 2. The number of H-pyrrole nitrogens is 1. The van der Waals surface area contributed by atoms with E-state index in [1.54, 1.807) is 30.5 Å². The summed E-state index contributed by atoms with van der Waals surface area (Å²) >= 11 is 0. The van der Waals surface area contributed by atoms with E-state index in [1.807, 2.05) is 0 Å². The van der Waals surface area contributed by atoms with Crippen LogP contribution in [0, 0.1) is 0 Å². The molecule has 36 heavy (non-hydrogen) atoms. The number of rotatable bonds is 14. The van der Waals surface area contributed by atoms with E-state index in [1.165, 1.54) is 0 Å². The molecule has 1 aromatic heterocycles. The Kier molecular flexibility index (Phi) is 9.92. The van der Waals surface area contributed by atoms with Gasteiger partial charge in [0.05, 0.1) is 13.0 Å². The number of carboxylic acids is 2. The Labute approximate surface area is 204 Å². The fraction of sp³-hybridized carbons (Fsp3) is 0.364. The summed E-state index contributed by atoms with van der Waals surface area (Å²) in [5.74, 6) is -6.19. The van der Waals surface area contributed by atoms with Crippen molar-refractivity contribution < 1.29 is 39.0 Å². The smallest absolute Gasteiger partial charge is 0.326 e. The van der Waals surface area contributed by atoms with Crippen molar-refractivity contribution in [2.45, 2.75) is 43.8 Å². The first-order valence-corrected chi connectivity index (χ1v) is 10.9. The molecule has 0 radical (unpaired) electrons. The van der Waals surface area contributed by atoms with Crippen LogP contribution in [0.1, 0.15) is 24.8 Å². The number of hydrogen-bond acceptors (Lipinski definition) is 7. The number of aliphatic carboxylic acids is 2. The molecule has 2 aromatic rings. The lowest BCUT2D eigenvalue weighted by Crippen LogP contribution is -2.57. The van der Waals surface area contributed by atoms with Crippen LogP contribution in [0.2, 0.25) is 0 Å². The van der Waals surface area contributed by atoms with Gasteiger partial charge in [0.1, 0.15) is 18.1 Å². The molecule has 1 aromatic carbocycles. The van der Waals surface area contributed by atoms with Crippen LogP contribution in [0.15, 0.2) is 30.5 Å². The standard InChI is InChI=1S/C22H28N6O8/c23-9-18(30)26-14(5-6-19(31)32)20(33)27-15(21(34)28-16(22(35)36)8-17(24)29)7-11-10-25-13-4-2-1-3-12(11)13/h1-4,10,14-16,25H,5-9,23H2,(H2,24,29)(H,26,30)(H,27,33)(H,28,34)(H,31,32)(H,35,36). The van der Waals surface area contributed by atoms with Gasteiger partial charge in [-0.25, -0.2) is 4.79 Å². The number of primary amides is 1. The number of nitrogens with two attached hydrogens (primary N) is 2. The minimum absolute atomic E-state index is 0.0962. The van der Waals surface area contributed by atoms with Crippen molar-refractivity contribution in [2.75, 3.05) is 6.54 Å². The number of aromatic nitrogens is 1. The number of para-hydroxylation sites is 1. The molecule has 3 atom stereocenters. The van der Waals surface area contributed by atoms with E-state index in [0.717, 1.165) is 10.9 Å². The fourth-order valence-corrected chi connectivity index (χ4v) is 3.47. The maximum atomic E-state index is 13.1. The second kappa shape index (κ2) is 12.9. The fourth-order valence-electron chi connectivity index (χ4n) is 3.47. The van der Waals surface area contributed by atoms with Gasteiger partial charge in [0.2, 0.25) is 23.6 Å². The highest BCUT2D eigenvalue weighted by Crippen LogP contribution is 2.19. The zero-order valence-electron chi connectivity index (χ0n) is 19.2. The zero-order chi connectivity index (χ0) is 26.8. The highest BCUT2D eigenvalue weighted by Gasteiger charge is 2.31. The summed E-state index contributed by atoms with van der Waals surface area (Å²) in [6.45, 7) is -0.455. The van der Waals surface area contributed by atoms with Crippen LogP contribution in [0.5, 0.6) is 0 Å². The van der Waals surface area contributed by atoms with Crippen molar-refractivity contribution in [1.82, 2.24) is 20.9 Å². The molecule has 3 unspecified atom stereocenters. The van der Waals surface area contributed by atoms with E-state index in [4.69, 9.17) is 16.6 Å². The molecule has 0 fully saturated rings. The second-order valence-electron chi connectivity index (χ2n) is 7.95. The highest BCUT2D eigenvalue weighted by molar-refractivity contribution is 5.95. The molecule has 14 heteroatoms. The van der Waals surface area contributed by atoms with Gasteiger partial charge in [0.25, 0.3) is 0 Å². The Morgan fingerprint density at radius 1 is 0.917 bits per heavy atom. The molecule has 0 saturated carbocycles. The number of benzene rings is 1. The number of carbonyl (C=O) groups is 6. The number of carbonyl (C=O) groups excluding carboxylic acids is 4. The van der Waals surface area contributed by atoms with E-state index in [9.17, 15) is 33.9 Å². The maximum absolute atomic E-state index is 13.1. The number of amides is 4. The molecule has 0 saturated heterocycles. The van der Waals surface area contributed by atoms with Gasteiger partial charge >= 0.3 is 11.9 Å². The minimum Gasteiger partial charge on any atom is -0.481 e. The molecule has 1 heterocycles. The molecule has 14 nitrogen and oxygen atoms in total. The van der Waals surface area contributed by atoms with Crippen LogP contribution in [0.4, 0.5) is 0 Å². The molecular formula is C22H28N6O8. The Morgan fingerprint density at radius 2 is 1.56 bits per heavy atom. The van der Waals surface area contributed by atoms with Crippen LogP contribution < -0.4 is 27.4 Å². The number of fused-ring (bicyclic) bond motifs is 1. The summed E-state index contributed by atoms with van der Waals surface area (Å²) in [6, 6.07) is 2.82. The molecule has 0 aliphatic carbocycles.